The Bertz CT molecular complexity index is 3830. The number of fused-ring (bicyclic) bond motifs is 12. The Morgan fingerprint density at radius 2 is 0.825 bits per heavy atom. The maximum atomic E-state index is 7.01. The molecule has 63 heavy (non-hydrogen) atoms. The van der Waals surface area contributed by atoms with Crippen LogP contribution in [0, 0.1) is 0 Å². The predicted octanol–water partition coefficient (Wildman–Crippen LogP) is 14.6. The molecule has 294 valence electrons. The summed E-state index contributed by atoms with van der Waals surface area (Å²) in [6.07, 6.45) is 0. The number of rotatable bonds is 6. The lowest BCUT2D eigenvalue weighted by Crippen LogP contribution is -2.02. The van der Waals surface area contributed by atoms with E-state index in [0.29, 0.717) is 17.5 Å². The maximum Gasteiger partial charge on any atom is 0.164 e. The van der Waals surface area contributed by atoms with Crippen molar-refractivity contribution in [3.05, 3.63) is 212 Å². The first-order valence-electron chi connectivity index (χ1n) is 21.2. The quantitative estimate of drug-likeness (QED) is 0.168. The van der Waals surface area contributed by atoms with Gasteiger partial charge in [0.2, 0.25) is 0 Å². The summed E-state index contributed by atoms with van der Waals surface area (Å²) in [6.45, 7) is 0. The lowest BCUT2D eigenvalue weighted by atomic mass is 9.98. The highest BCUT2D eigenvalue weighted by Gasteiger charge is 2.28. The van der Waals surface area contributed by atoms with Crippen molar-refractivity contribution >= 4 is 65.6 Å². The van der Waals surface area contributed by atoms with Crippen LogP contribution in [0.4, 0.5) is 0 Å². The van der Waals surface area contributed by atoms with E-state index < -0.39 is 0 Å². The summed E-state index contributed by atoms with van der Waals surface area (Å²) < 4.78 is 11.8. The van der Waals surface area contributed by atoms with E-state index in [2.05, 4.69) is 161 Å². The number of hydrogen-bond donors (Lipinski definition) is 0. The molecule has 0 bridgehead atoms. The van der Waals surface area contributed by atoms with Gasteiger partial charge in [-0.1, -0.05) is 164 Å². The van der Waals surface area contributed by atoms with Crippen LogP contribution in [-0.4, -0.2) is 24.1 Å². The first-order valence-corrected chi connectivity index (χ1v) is 21.2. The van der Waals surface area contributed by atoms with E-state index in [1.165, 1.54) is 0 Å². The summed E-state index contributed by atoms with van der Waals surface area (Å²) in [7, 11) is 0. The monoisotopic (exact) mass is 805 g/mol. The third-order valence-corrected chi connectivity index (χ3v) is 12.3. The maximum absolute atomic E-state index is 7.01. The molecule has 0 saturated heterocycles. The van der Waals surface area contributed by atoms with Gasteiger partial charge in [0.15, 0.2) is 23.1 Å². The van der Waals surface area contributed by atoms with Gasteiger partial charge in [-0.15, -0.1) is 0 Å². The second kappa shape index (κ2) is 14.0. The molecule has 0 saturated carbocycles. The van der Waals surface area contributed by atoms with E-state index in [0.717, 1.165) is 105 Å². The minimum absolute atomic E-state index is 0.607. The fourth-order valence-corrected chi connectivity index (χ4v) is 9.65. The van der Waals surface area contributed by atoms with Crippen LogP contribution in [0.25, 0.3) is 122 Å². The number of aromatic nitrogens is 5. The van der Waals surface area contributed by atoms with Crippen LogP contribution in [0.1, 0.15) is 0 Å². The summed E-state index contributed by atoms with van der Waals surface area (Å²) in [6, 6.07) is 74.2. The number of nitrogens with zero attached hydrogens (tertiary/aromatic N) is 5. The Balaban J connectivity index is 1.17. The van der Waals surface area contributed by atoms with Crippen LogP contribution in [0.15, 0.2) is 217 Å². The molecule has 0 aliphatic heterocycles. The molecule has 0 unspecified atom stereocenters. The molecule has 4 aromatic heterocycles. The molecule has 13 aromatic rings. The summed E-state index contributed by atoms with van der Waals surface area (Å²) >= 11 is 0. The van der Waals surface area contributed by atoms with Gasteiger partial charge < -0.3 is 13.6 Å². The standard InChI is InChI=1S/C57H35N5O/c1-5-19-36(20-6-1)45-35-40(33-34-41(45)57-59-55(37-21-7-2-8-22-37)58-56(60-57)38-23-9-3-10-24-38)62-46-30-16-13-27-42(46)49-50-44-29-15-18-32-48(44)63-54(50)53-51(52(49)62)43-28-14-17-31-47(43)61(53)39-25-11-4-12-26-39/h1-35H. The first kappa shape index (κ1) is 35.2. The van der Waals surface area contributed by atoms with Crippen LogP contribution >= 0.6 is 0 Å². The van der Waals surface area contributed by atoms with Gasteiger partial charge in [0.05, 0.1) is 22.1 Å². The van der Waals surface area contributed by atoms with Gasteiger partial charge in [-0.25, -0.2) is 15.0 Å². The molecule has 4 heterocycles. The van der Waals surface area contributed by atoms with Crippen LogP contribution in [0.5, 0.6) is 0 Å². The van der Waals surface area contributed by atoms with Crippen molar-refractivity contribution in [1.82, 2.24) is 24.1 Å². The van der Waals surface area contributed by atoms with Crippen molar-refractivity contribution in [3.8, 4) is 56.7 Å². The molecule has 0 aliphatic carbocycles. The molecule has 0 N–H and O–H groups in total. The van der Waals surface area contributed by atoms with Gasteiger partial charge in [-0.05, 0) is 59.7 Å². The summed E-state index contributed by atoms with van der Waals surface area (Å²) in [5, 5.41) is 6.80. The summed E-state index contributed by atoms with van der Waals surface area (Å²) in [5.74, 6) is 1.85. The van der Waals surface area contributed by atoms with Crippen molar-refractivity contribution in [2.75, 3.05) is 0 Å². The molecule has 6 nitrogen and oxygen atoms in total. The SMILES string of the molecule is c1ccc(-c2nc(-c3ccccc3)nc(-c3ccc(-n4c5ccccc5c5c6c7ccccc7oc6c6c(c7ccccc7n6-c6ccccc6)c54)cc3-c3ccccc3)n2)cc1. The zero-order valence-corrected chi connectivity index (χ0v) is 33.9. The van der Waals surface area contributed by atoms with E-state index in [-0.39, 0.29) is 0 Å². The molecular formula is C57H35N5O. The molecule has 0 spiro atoms. The third-order valence-electron chi connectivity index (χ3n) is 12.3. The Morgan fingerprint density at radius 1 is 0.333 bits per heavy atom. The highest BCUT2D eigenvalue weighted by atomic mass is 16.3. The minimum atomic E-state index is 0.607. The van der Waals surface area contributed by atoms with Crippen LogP contribution in [-0.2, 0) is 0 Å². The van der Waals surface area contributed by atoms with E-state index in [1.54, 1.807) is 0 Å². The van der Waals surface area contributed by atoms with E-state index in [9.17, 15) is 0 Å². The predicted molar refractivity (Wildman–Crippen MR) is 258 cm³/mol. The highest BCUT2D eigenvalue weighted by Crippen LogP contribution is 2.50. The van der Waals surface area contributed by atoms with E-state index in [1.807, 2.05) is 60.7 Å². The summed E-state index contributed by atoms with van der Waals surface area (Å²) in [4.78, 5) is 15.4. The molecule has 9 aromatic carbocycles. The fourth-order valence-electron chi connectivity index (χ4n) is 9.65. The molecule has 13 rings (SSSR count). The molecule has 0 radical (unpaired) electrons. The van der Waals surface area contributed by atoms with Crippen LogP contribution < -0.4 is 0 Å². The summed E-state index contributed by atoms with van der Waals surface area (Å²) in [5.41, 5.74) is 13.1. The van der Waals surface area contributed by atoms with Gasteiger partial charge in [-0.3, -0.25) is 0 Å². The first-order chi connectivity index (χ1) is 31.3. The van der Waals surface area contributed by atoms with Crippen molar-refractivity contribution < 1.29 is 4.42 Å². The Morgan fingerprint density at radius 3 is 1.46 bits per heavy atom. The molecule has 6 heteroatoms. The number of benzene rings is 9. The Labute approximate surface area is 361 Å². The molecule has 0 aliphatic rings. The van der Waals surface area contributed by atoms with Crippen LogP contribution in [0.3, 0.4) is 0 Å². The zero-order valence-electron chi connectivity index (χ0n) is 33.9. The zero-order chi connectivity index (χ0) is 41.4. The van der Waals surface area contributed by atoms with Gasteiger partial charge in [0.1, 0.15) is 5.58 Å². The molecule has 0 fully saturated rings. The van der Waals surface area contributed by atoms with Crippen molar-refractivity contribution in [2.45, 2.75) is 0 Å². The van der Waals surface area contributed by atoms with Gasteiger partial charge in [0.25, 0.3) is 0 Å². The van der Waals surface area contributed by atoms with Gasteiger partial charge in [0, 0.05) is 60.4 Å². The third kappa shape index (κ3) is 5.41. The van der Waals surface area contributed by atoms with E-state index >= 15 is 0 Å². The van der Waals surface area contributed by atoms with Crippen molar-refractivity contribution in [2.24, 2.45) is 0 Å². The number of furan rings is 1. The lowest BCUT2D eigenvalue weighted by molar-refractivity contribution is 0.671. The topological polar surface area (TPSA) is 61.7 Å². The van der Waals surface area contributed by atoms with Gasteiger partial charge in [-0.2, -0.15) is 0 Å². The average molecular weight is 806 g/mol. The highest BCUT2D eigenvalue weighted by molar-refractivity contribution is 6.39. The lowest BCUT2D eigenvalue weighted by Gasteiger charge is -2.16. The Kier molecular flexibility index (Phi) is 7.80. The minimum Gasteiger partial charge on any atom is -0.454 e. The van der Waals surface area contributed by atoms with Gasteiger partial charge >= 0.3 is 0 Å². The average Bonchev–Trinajstić information content (AvgIpc) is 4.03. The molecule has 0 amide bonds. The second-order valence-electron chi connectivity index (χ2n) is 15.9. The Hall–Kier alpha value is -8.61. The van der Waals surface area contributed by atoms with Crippen LogP contribution in [0.2, 0.25) is 0 Å². The van der Waals surface area contributed by atoms with E-state index in [4.69, 9.17) is 19.4 Å². The fraction of sp³-hybridized carbons (Fsp3) is 0. The smallest absolute Gasteiger partial charge is 0.164 e. The molecular weight excluding hydrogens is 771 g/mol. The molecule has 0 atom stereocenters. The largest absolute Gasteiger partial charge is 0.454 e. The van der Waals surface area contributed by atoms with Crippen molar-refractivity contribution in [1.29, 1.82) is 0 Å². The second-order valence-corrected chi connectivity index (χ2v) is 15.9. The number of hydrogen-bond acceptors (Lipinski definition) is 4. The number of para-hydroxylation sites is 4. The normalized spacial score (nSPS) is 11.8. The van der Waals surface area contributed by atoms with Crippen molar-refractivity contribution in [3.63, 3.8) is 0 Å².